The second-order valence-corrected chi connectivity index (χ2v) is 4.40. The molecule has 0 heterocycles. The van der Waals surface area contributed by atoms with Crippen LogP contribution in [0.15, 0.2) is 12.2 Å². The SMILES string of the molecule is C=C(CC)CCCC(NCC)C(C)C. The van der Waals surface area contributed by atoms with Crippen molar-refractivity contribution in [2.45, 2.75) is 59.4 Å². The van der Waals surface area contributed by atoms with Crippen molar-refractivity contribution in [3.8, 4) is 0 Å². The Balaban J connectivity index is 3.65. The van der Waals surface area contributed by atoms with Crippen LogP contribution in [-0.4, -0.2) is 12.6 Å². The van der Waals surface area contributed by atoms with Crippen LogP contribution < -0.4 is 5.32 Å². The molecule has 0 aromatic rings. The molecule has 0 aromatic heterocycles. The Kier molecular flexibility index (Phi) is 7.87. The van der Waals surface area contributed by atoms with Crippen molar-refractivity contribution in [1.29, 1.82) is 0 Å². The lowest BCUT2D eigenvalue weighted by molar-refractivity contribution is 0.376. The Morgan fingerprint density at radius 3 is 2.36 bits per heavy atom. The first-order valence-corrected chi connectivity index (χ1v) is 6.01. The topological polar surface area (TPSA) is 12.0 Å². The van der Waals surface area contributed by atoms with Crippen molar-refractivity contribution in [2.24, 2.45) is 5.92 Å². The zero-order chi connectivity index (χ0) is 11.0. The summed E-state index contributed by atoms with van der Waals surface area (Å²) in [4.78, 5) is 0. The first-order chi connectivity index (χ1) is 6.61. The second-order valence-electron chi connectivity index (χ2n) is 4.40. The molecule has 0 spiro atoms. The van der Waals surface area contributed by atoms with Gasteiger partial charge in [0, 0.05) is 6.04 Å². The van der Waals surface area contributed by atoms with Crippen LogP contribution in [0.5, 0.6) is 0 Å². The molecule has 1 unspecified atom stereocenters. The molecule has 0 fully saturated rings. The van der Waals surface area contributed by atoms with Crippen molar-refractivity contribution in [3.63, 3.8) is 0 Å². The summed E-state index contributed by atoms with van der Waals surface area (Å²) in [7, 11) is 0. The third-order valence-electron chi connectivity index (χ3n) is 2.82. The molecule has 0 radical (unpaired) electrons. The van der Waals surface area contributed by atoms with Gasteiger partial charge in [0.05, 0.1) is 0 Å². The molecule has 84 valence electrons. The van der Waals surface area contributed by atoms with Crippen LogP contribution in [0.4, 0.5) is 0 Å². The average Bonchev–Trinajstić information content (AvgIpc) is 2.16. The highest BCUT2D eigenvalue weighted by Gasteiger charge is 2.10. The number of hydrogen-bond acceptors (Lipinski definition) is 1. The Bertz CT molecular complexity index is 149. The van der Waals surface area contributed by atoms with Gasteiger partial charge in [-0.2, -0.15) is 0 Å². The maximum absolute atomic E-state index is 4.04. The van der Waals surface area contributed by atoms with Gasteiger partial charge in [-0.05, 0) is 38.1 Å². The van der Waals surface area contributed by atoms with E-state index in [1.807, 2.05) is 0 Å². The fourth-order valence-corrected chi connectivity index (χ4v) is 1.68. The highest BCUT2D eigenvalue weighted by molar-refractivity contribution is 4.92. The lowest BCUT2D eigenvalue weighted by atomic mass is 9.96. The number of hydrogen-bond donors (Lipinski definition) is 1. The molecule has 1 heteroatoms. The molecule has 0 saturated heterocycles. The average molecular weight is 197 g/mol. The minimum absolute atomic E-state index is 0.685. The lowest BCUT2D eigenvalue weighted by Gasteiger charge is -2.21. The maximum atomic E-state index is 4.04. The zero-order valence-electron chi connectivity index (χ0n) is 10.4. The largest absolute Gasteiger partial charge is 0.314 e. The number of allylic oxidation sites excluding steroid dienone is 1. The van der Waals surface area contributed by atoms with Gasteiger partial charge in [-0.1, -0.05) is 39.8 Å². The van der Waals surface area contributed by atoms with Gasteiger partial charge in [0.1, 0.15) is 0 Å². The van der Waals surface area contributed by atoms with Gasteiger partial charge in [0.25, 0.3) is 0 Å². The molecule has 0 aromatic carbocycles. The summed E-state index contributed by atoms with van der Waals surface area (Å²) in [5.41, 5.74) is 1.39. The lowest BCUT2D eigenvalue weighted by Crippen LogP contribution is -2.33. The normalized spacial score (nSPS) is 13.2. The molecule has 0 bridgehead atoms. The van der Waals surface area contributed by atoms with E-state index in [0.29, 0.717) is 6.04 Å². The summed E-state index contributed by atoms with van der Waals surface area (Å²) < 4.78 is 0. The van der Waals surface area contributed by atoms with E-state index in [0.717, 1.165) is 18.9 Å². The van der Waals surface area contributed by atoms with Crippen LogP contribution in [0.2, 0.25) is 0 Å². The van der Waals surface area contributed by atoms with Crippen molar-refractivity contribution in [2.75, 3.05) is 6.54 Å². The molecule has 14 heavy (non-hydrogen) atoms. The van der Waals surface area contributed by atoms with E-state index in [-0.39, 0.29) is 0 Å². The molecule has 0 aliphatic heterocycles. The van der Waals surface area contributed by atoms with Crippen molar-refractivity contribution >= 4 is 0 Å². The van der Waals surface area contributed by atoms with Crippen LogP contribution in [0.25, 0.3) is 0 Å². The Labute approximate surface area is 90.0 Å². The fourth-order valence-electron chi connectivity index (χ4n) is 1.68. The van der Waals surface area contributed by atoms with Crippen LogP contribution >= 0.6 is 0 Å². The van der Waals surface area contributed by atoms with E-state index in [2.05, 4.69) is 39.6 Å². The van der Waals surface area contributed by atoms with Gasteiger partial charge in [-0.25, -0.2) is 0 Å². The van der Waals surface area contributed by atoms with Gasteiger partial charge in [-0.3, -0.25) is 0 Å². The molecule has 0 rings (SSSR count). The minimum atomic E-state index is 0.685. The summed E-state index contributed by atoms with van der Waals surface area (Å²) >= 11 is 0. The van der Waals surface area contributed by atoms with Gasteiger partial charge < -0.3 is 5.32 Å². The monoisotopic (exact) mass is 197 g/mol. The Morgan fingerprint density at radius 2 is 1.93 bits per heavy atom. The van der Waals surface area contributed by atoms with Gasteiger partial charge in [0.2, 0.25) is 0 Å². The third-order valence-corrected chi connectivity index (χ3v) is 2.82. The molecule has 1 atom stereocenters. The Morgan fingerprint density at radius 1 is 1.29 bits per heavy atom. The van der Waals surface area contributed by atoms with Gasteiger partial charge in [0.15, 0.2) is 0 Å². The van der Waals surface area contributed by atoms with Crippen molar-refractivity contribution in [3.05, 3.63) is 12.2 Å². The number of nitrogens with one attached hydrogen (secondary N) is 1. The zero-order valence-corrected chi connectivity index (χ0v) is 10.4. The van der Waals surface area contributed by atoms with Crippen LogP contribution in [0.3, 0.4) is 0 Å². The first kappa shape index (κ1) is 13.7. The van der Waals surface area contributed by atoms with E-state index < -0.39 is 0 Å². The smallest absolute Gasteiger partial charge is 0.00900 e. The predicted octanol–water partition coefficient (Wildman–Crippen LogP) is 3.76. The molecule has 0 aliphatic carbocycles. The van der Waals surface area contributed by atoms with E-state index in [1.165, 1.54) is 24.8 Å². The second kappa shape index (κ2) is 8.05. The van der Waals surface area contributed by atoms with Crippen molar-refractivity contribution in [1.82, 2.24) is 5.32 Å². The molecule has 0 aliphatic rings. The quantitative estimate of drug-likeness (QED) is 0.584. The molecule has 1 N–H and O–H groups in total. The molecule has 0 amide bonds. The summed E-state index contributed by atoms with van der Waals surface area (Å²) in [5, 5.41) is 3.54. The molecule has 0 saturated carbocycles. The van der Waals surface area contributed by atoms with Crippen LogP contribution in [-0.2, 0) is 0 Å². The maximum Gasteiger partial charge on any atom is 0.00900 e. The third kappa shape index (κ3) is 6.20. The van der Waals surface area contributed by atoms with E-state index in [9.17, 15) is 0 Å². The standard InChI is InChI=1S/C13H27N/c1-6-12(5)9-8-10-13(11(3)4)14-7-2/h11,13-14H,5-10H2,1-4H3. The highest BCUT2D eigenvalue weighted by Crippen LogP contribution is 2.14. The molecule has 1 nitrogen and oxygen atoms in total. The predicted molar refractivity (Wildman–Crippen MR) is 65.6 cm³/mol. The van der Waals surface area contributed by atoms with Crippen molar-refractivity contribution < 1.29 is 0 Å². The summed E-state index contributed by atoms with van der Waals surface area (Å²) in [6.07, 6.45) is 4.89. The highest BCUT2D eigenvalue weighted by atomic mass is 14.9. The Hall–Kier alpha value is -0.300. The van der Waals surface area contributed by atoms with Gasteiger partial charge in [-0.15, -0.1) is 0 Å². The van der Waals surface area contributed by atoms with Gasteiger partial charge >= 0.3 is 0 Å². The first-order valence-electron chi connectivity index (χ1n) is 6.01. The van der Waals surface area contributed by atoms with E-state index in [4.69, 9.17) is 0 Å². The summed E-state index contributed by atoms with van der Waals surface area (Å²) in [6.45, 7) is 14.1. The summed E-state index contributed by atoms with van der Waals surface area (Å²) in [5.74, 6) is 0.741. The van der Waals surface area contributed by atoms with Crippen LogP contribution in [0.1, 0.15) is 53.4 Å². The van der Waals surface area contributed by atoms with E-state index >= 15 is 0 Å². The minimum Gasteiger partial charge on any atom is -0.314 e. The number of rotatable bonds is 8. The van der Waals surface area contributed by atoms with E-state index in [1.54, 1.807) is 0 Å². The fraction of sp³-hybridized carbons (Fsp3) is 0.846. The summed E-state index contributed by atoms with van der Waals surface area (Å²) in [6, 6.07) is 0.685. The van der Waals surface area contributed by atoms with Crippen LogP contribution in [0, 0.1) is 5.92 Å². The molecular formula is C13H27N. The molecular weight excluding hydrogens is 170 g/mol.